The van der Waals surface area contributed by atoms with E-state index >= 15 is 0 Å². The van der Waals surface area contributed by atoms with Gasteiger partial charge < -0.3 is 20.3 Å². The molecule has 16 heavy (non-hydrogen) atoms. The van der Waals surface area contributed by atoms with E-state index in [1.54, 1.807) is 0 Å². The van der Waals surface area contributed by atoms with E-state index in [9.17, 15) is 4.79 Å². The number of aliphatic carboxylic acids is 1. The summed E-state index contributed by atoms with van der Waals surface area (Å²) in [7, 11) is 0. The van der Waals surface area contributed by atoms with Crippen molar-refractivity contribution in [1.29, 1.82) is 0 Å². The third-order valence-electron chi connectivity index (χ3n) is 3.91. The zero-order valence-electron chi connectivity index (χ0n) is 9.35. The first-order valence-corrected chi connectivity index (χ1v) is 5.78. The van der Waals surface area contributed by atoms with Gasteiger partial charge in [-0.15, -0.1) is 0 Å². The van der Waals surface area contributed by atoms with Crippen LogP contribution in [0.15, 0.2) is 0 Å². The molecule has 2 fully saturated rings. The van der Waals surface area contributed by atoms with Crippen molar-refractivity contribution in [3.63, 3.8) is 0 Å². The van der Waals surface area contributed by atoms with E-state index in [-0.39, 0.29) is 17.9 Å². The lowest BCUT2D eigenvalue weighted by Gasteiger charge is -2.51. The summed E-state index contributed by atoms with van der Waals surface area (Å²) in [5.74, 6) is -0.379. The van der Waals surface area contributed by atoms with E-state index in [1.165, 1.54) is 0 Å². The van der Waals surface area contributed by atoms with E-state index in [1.807, 2.05) is 0 Å². The highest BCUT2D eigenvalue weighted by atomic mass is 16.5. The van der Waals surface area contributed by atoms with Crippen molar-refractivity contribution in [3.8, 4) is 0 Å². The van der Waals surface area contributed by atoms with Gasteiger partial charge in [0.05, 0.1) is 19.6 Å². The van der Waals surface area contributed by atoms with Gasteiger partial charge in [0.2, 0.25) is 0 Å². The second kappa shape index (κ2) is 4.69. The van der Waals surface area contributed by atoms with Gasteiger partial charge in [0, 0.05) is 24.7 Å². The molecule has 0 spiro atoms. The van der Waals surface area contributed by atoms with Crippen LogP contribution in [0.3, 0.4) is 0 Å². The number of carboxylic acid groups (broad SMARTS) is 1. The van der Waals surface area contributed by atoms with Gasteiger partial charge in [-0.05, 0) is 18.8 Å². The van der Waals surface area contributed by atoms with Crippen molar-refractivity contribution in [2.45, 2.75) is 25.3 Å². The number of carboxylic acids is 1. The molecule has 0 amide bonds. The largest absolute Gasteiger partial charge is 0.481 e. The molecule has 2 aliphatic heterocycles. The zero-order valence-corrected chi connectivity index (χ0v) is 9.35. The highest BCUT2D eigenvalue weighted by Gasteiger charge is 2.50. The highest BCUT2D eigenvalue weighted by Crippen LogP contribution is 2.44. The molecule has 0 aromatic rings. The second-order valence-electron chi connectivity index (χ2n) is 4.82. The molecule has 0 aliphatic carbocycles. The standard InChI is InChI=1S/C11H19NO4/c12-9(5-10(13)14)11(6-16-7-11)8-1-3-15-4-2-8/h8-9H,1-7,12H2,(H,13,14). The maximum atomic E-state index is 10.7. The van der Waals surface area contributed by atoms with Crippen LogP contribution < -0.4 is 5.73 Å². The molecule has 0 aromatic carbocycles. The van der Waals surface area contributed by atoms with Gasteiger partial charge in [0.25, 0.3) is 0 Å². The zero-order chi connectivity index (χ0) is 11.6. The molecule has 5 heteroatoms. The fraction of sp³-hybridized carbons (Fsp3) is 0.909. The summed E-state index contributed by atoms with van der Waals surface area (Å²) in [6.07, 6.45) is 1.97. The second-order valence-corrected chi connectivity index (χ2v) is 4.82. The van der Waals surface area contributed by atoms with Gasteiger partial charge in [0.15, 0.2) is 0 Å². The van der Waals surface area contributed by atoms with Gasteiger partial charge >= 0.3 is 5.97 Å². The van der Waals surface area contributed by atoms with Gasteiger partial charge in [0.1, 0.15) is 0 Å². The first kappa shape index (κ1) is 11.8. The summed E-state index contributed by atoms with van der Waals surface area (Å²) in [4.78, 5) is 10.7. The molecule has 0 bridgehead atoms. The van der Waals surface area contributed by atoms with Crippen LogP contribution >= 0.6 is 0 Å². The summed E-state index contributed by atoms with van der Waals surface area (Å²) >= 11 is 0. The van der Waals surface area contributed by atoms with Crippen LogP contribution in [-0.2, 0) is 14.3 Å². The number of hydrogen-bond acceptors (Lipinski definition) is 4. The highest BCUT2D eigenvalue weighted by molar-refractivity contribution is 5.67. The molecular weight excluding hydrogens is 210 g/mol. The van der Waals surface area contributed by atoms with Crippen molar-refractivity contribution in [2.24, 2.45) is 17.1 Å². The summed E-state index contributed by atoms with van der Waals surface area (Å²) in [5, 5.41) is 8.82. The molecule has 1 atom stereocenters. The van der Waals surface area contributed by atoms with E-state index in [2.05, 4.69) is 0 Å². The van der Waals surface area contributed by atoms with Crippen molar-refractivity contribution < 1.29 is 19.4 Å². The maximum absolute atomic E-state index is 10.7. The predicted octanol–water partition coefficient (Wildman–Crippen LogP) is 0.232. The summed E-state index contributed by atoms with van der Waals surface area (Å²) in [6, 6.07) is -0.304. The van der Waals surface area contributed by atoms with Crippen LogP contribution in [0.25, 0.3) is 0 Å². The van der Waals surface area contributed by atoms with Gasteiger partial charge in [-0.25, -0.2) is 0 Å². The topological polar surface area (TPSA) is 81.8 Å². The molecule has 1 unspecified atom stereocenters. The smallest absolute Gasteiger partial charge is 0.304 e. The average Bonchev–Trinajstić information content (AvgIpc) is 2.16. The number of hydrogen-bond donors (Lipinski definition) is 2. The minimum atomic E-state index is -0.828. The quantitative estimate of drug-likeness (QED) is 0.721. The number of ether oxygens (including phenoxy) is 2. The van der Waals surface area contributed by atoms with Crippen LogP contribution in [-0.4, -0.2) is 43.5 Å². The fourth-order valence-electron chi connectivity index (χ4n) is 2.75. The molecule has 2 heterocycles. The third-order valence-corrected chi connectivity index (χ3v) is 3.91. The van der Waals surface area contributed by atoms with Gasteiger partial charge in [-0.3, -0.25) is 4.79 Å². The maximum Gasteiger partial charge on any atom is 0.304 e. The van der Waals surface area contributed by atoms with Crippen LogP contribution in [0.4, 0.5) is 0 Å². The molecule has 0 aromatic heterocycles. The molecule has 5 nitrogen and oxygen atoms in total. The third kappa shape index (κ3) is 2.07. The molecule has 92 valence electrons. The number of carbonyl (C=O) groups is 1. The van der Waals surface area contributed by atoms with Crippen molar-refractivity contribution >= 4 is 5.97 Å². The Morgan fingerprint density at radius 3 is 2.44 bits per heavy atom. The fourth-order valence-corrected chi connectivity index (χ4v) is 2.75. The molecule has 0 radical (unpaired) electrons. The van der Waals surface area contributed by atoms with Crippen LogP contribution in [0, 0.1) is 11.3 Å². The Labute approximate surface area is 94.9 Å². The monoisotopic (exact) mass is 229 g/mol. The van der Waals surface area contributed by atoms with Crippen molar-refractivity contribution in [3.05, 3.63) is 0 Å². The molecule has 0 saturated carbocycles. The Balaban J connectivity index is 2.02. The average molecular weight is 229 g/mol. The van der Waals surface area contributed by atoms with Gasteiger partial charge in [-0.2, -0.15) is 0 Å². The van der Waals surface area contributed by atoms with Crippen LogP contribution in [0.2, 0.25) is 0 Å². The minimum Gasteiger partial charge on any atom is -0.481 e. The molecule has 2 rings (SSSR count). The summed E-state index contributed by atoms with van der Waals surface area (Å²) in [6.45, 7) is 2.72. The molecule has 2 aliphatic rings. The molecule has 3 N–H and O–H groups in total. The van der Waals surface area contributed by atoms with Crippen molar-refractivity contribution in [1.82, 2.24) is 0 Å². The Morgan fingerprint density at radius 2 is 2.00 bits per heavy atom. The lowest BCUT2D eigenvalue weighted by Crippen LogP contribution is -2.60. The first-order chi connectivity index (χ1) is 7.65. The SMILES string of the molecule is NC(CC(=O)O)C1(C2CCOCC2)COC1. The van der Waals surface area contributed by atoms with Crippen LogP contribution in [0.1, 0.15) is 19.3 Å². The van der Waals surface area contributed by atoms with Crippen molar-refractivity contribution in [2.75, 3.05) is 26.4 Å². The van der Waals surface area contributed by atoms with E-state index in [0.717, 1.165) is 26.1 Å². The Morgan fingerprint density at radius 1 is 1.38 bits per heavy atom. The molecule has 2 saturated heterocycles. The Kier molecular flexibility index (Phi) is 3.47. The summed E-state index contributed by atoms with van der Waals surface area (Å²) in [5.41, 5.74) is 5.92. The summed E-state index contributed by atoms with van der Waals surface area (Å²) < 4.78 is 10.6. The predicted molar refractivity (Wildman–Crippen MR) is 57.0 cm³/mol. The lowest BCUT2D eigenvalue weighted by molar-refractivity contribution is -0.178. The molecular formula is C11H19NO4. The van der Waals surface area contributed by atoms with Crippen LogP contribution in [0.5, 0.6) is 0 Å². The lowest BCUT2D eigenvalue weighted by atomic mass is 9.65. The van der Waals surface area contributed by atoms with E-state index < -0.39 is 5.97 Å². The van der Waals surface area contributed by atoms with E-state index in [4.69, 9.17) is 20.3 Å². The number of rotatable bonds is 4. The normalized spacial score (nSPS) is 27.1. The Bertz CT molecular complexity index is 259. The van der Waals surface area contributed by atoms with Gasteiger partial charge in [-0.1, -0.05) is 0 Å². The minimum absolute atomic E-state index is 0.0285. The Hall–Kier alpha value is -0.650. The first-order valence-electron chi connectivity index (χ1n) is 5.78. The van der Waals surface area contributed by atoms with E-state index in [0.29, 0.717) is 19.1 Å². The number of nitrogens with two attached hydrogens (primary N) is 1.